The first-order valence-electron chi connectivity index (χ1n) is 7.00. The van der Waals surface area contributed by atoms with Crippen LogP contribution in [0.2, 0.25) is 0 Å². The Hall–Kier alpha value is -1.39. The fraction of sp³-hybridized carbons (Fsp3) is 0.438. The standard InChI is InChI=1S/C16H22N2OS/c1-4-13(3)18(9-14-7-8-20-11-14)10-15-16(19)6-5-12(2)17-15/h5-8,11,13,19H,4,9-10H2,1-3H3/t13-/m0/s1. The number of aryl methyl sites for hydroxylation is 1. The van der Waals surface area contributed by atoms with Crippen molar-refractivity contribution in [2.24, 2.45) is 0 Å². The van der Waals surface area contributed by atoms with E-state index in [1.807, 2.05) is 13.0 Å². The van der Waals surface area contributed by atoms with E-state index in [0.29, 0.717) is 12.6 Å². The van der Waals surface area contributed by atoms with Crippen molar-refractivity contribution >= 4 is 11.3 Å². The van der Waals surface area contributed by atoms with Crippen LogP contribution >= 0.6 is 11.3 Å². The third kappa shape index (κ3) is 3.81. The molecule has 0 saturated heterocycles. The molecular formula is C16H22N2OS. The Morgan fingerprint density at radius 3 is 2.75 bits per heavy atom. The Bertz CT molecular complexity index is 539. The highest BCUT2D eigenvalue weighted by atomic mass is 32.1. The normalized spacial score (nSPS) is 12.8. The molecule has 108 valence electrons. The number of pyridine rings is 1. The quantitative estimate of drug-likeness (QED) is 0.875. The fourth-order valence-electron chi connectivity index (χ4n) is 2.15. The SMILES string of the molecule is CC[C@H](C)N(Cc1ccsc1)Cc1nc(C)ccc1O. The lowest BCUT2D eigenvalue weighted by molar-refractivity contribution is 0.182. The Morgan fingerprint density at radius 1 is 1.30 bits per heavy atom. The van der Waals surface area contributed by atoms with Crippen molar-refractivity contribution in [1.82, 2.24) is 9.88 Å². The first-order valence-corrected chi connectivity index (χ1v) is 7.95. The minimum atomic E-state index is 0.286. The smallest absolute Gasteiger partial charge is 0.138 e. The monoisotopic (exact) mass is 290 g/mol. The van der Waals surface area contributed by atoms with Crippen LogP contribution in [0.25, 0.3) is 0 Å². The summed E-state index contributed by atoms with van der Waals surface area (Å²) in [5.41, 5.74) is 3.03. The van der Waals surface area contributed by atoms with Gasteiger partial charge in [-0.25, -0.2) is 0 Å². The first-order chi connectivity index (χ1) is 9.60. The molecule has 0 saturated carbocycles. The summed E-state index contributed by atoms with van der Waals surface area (Å²) in [6, 6.07) is 6.18. The van der Waals surface area contributed by atoms with E-state index in [0.717, 1.165) is 24.4 Å². The molecule has 2 heterocycles. The van der Waals surface area contributed by atoms with Gasteiger partial charge in [0.1, 0.15) is 5.75 Å². The van der Waals surface area contributed by atoms with E-state index in [9.17, 15) is 5.11 Å². The van der Waals surface area contributed by atoms with Crippen molar-refractivity contribution in [2.45, 2.75) is 46.3 Å². The average Bonchev–Trinajstić information content (AvgIpc) is 2.94. The molecule has 20 heavy (non-hydrogen) atoms. The number of aromatic nitrogens is 1. The van der Waals surface area contributed by atoms with Crippen molar-refractivity contribution in [2.75, 3.05) is 0 Å². The van der Waals surface area contributed by atoms with Gasteiger partial charge in [-0.15, -0.1) is 0 Å². The van der Waals surface area contributed by atoms with Gasteiger partial charge in [-0.3, -0.25) is 9.88 Å². The van der Waals surface area contributed by atoms with E-state index in [1.54, 1.807) is 17.4 Å². The number of aromatic hydroxyl groups is 1. The number of hydrogen-bond acceptors (Lipinski definition) is 4. The van der Waals surface area contributed by atoms with Crippen LogP contribution in [-0.2, 0) is 13.1 Å². The molecule has 0 unspecified atom stereocenters. The molecule has 0 amide bonds. The number of hydrogen-bond donors (Lipinski definition) is 1. The minimum Gasteiger partial charge on any atom is -0.506 e. The third-order valence-electron chi connectivity index (χ3n) is 3.62. The van der Waals surface area contributed by atoms with Crippen LogP contribution in [0.4, 0.5) is 0 Å². The lowest BCUT2D eigenvalue weighted by Gasteiger charge is -2.28. The molecule has 2 rings (SSSR count). The zero-order valence-electron chi connectivity index (χ0n) is 12.3. The molecule has 0 spiro atoms. The molecule has 4 heteroatoms. The molecule has 2 aromatic heterocycles. The minimum absolute atomic E-state index is 0.286. The van der Waals surface area contributed by atoms with Crippen molar-refractivity contribution in [1.29, 1.82) is 0 Å². The number of rotatable bonds is 6. The Kier molecular flexibility index (Phi) is 5.15. The van der Waals surface area contributed by atoms with E-state index in [4.69, 9.17) is 0 Å². The number of thiophene rings is 1. The number of nitrogens with zero attached hydrogens (tertiary/aromatic N) is 2. The van der Waals surface area contributed by atoms with Gasteiger partial charge < -0.3 is 5.11 Å². The largest absolute Gasteiger partial charge is 0.506 e. The maximum atomic E-state index is 9.98. The summed E-state index contributed by atoms with van der Waals surface area (Å²) in [6.45, 7) is 7.94. The predicted molar refractivity (Wildman–Crippen MR) is 84.0 cm³/mol. The van der Waals surface area contributed by atoms with Gasteiger partial charge in [-0.1, -0.05) is 6.92 Å². The van der Waals surface area contributed by atoms with Crippen molar-refractivity contribution in [3.05, 3.63) is 45.9 Å². The Labute approximate surface area is 124 Å². The summed E-state index contributed by atoms with van der Waals surface area (Å²) in [5.74, 6) is 0.286. The second-order valence-corrected chi connectivity index (χ2v) is 5.99. The molecule has 0 aliphatic heterocycles. The summed E-state index contributed by atoms with van der Waals surface area (Å²) in [7, 11) is 0. The van der Waals surface area contributed by atoms with Gasteiger partial charge in [-0.05, 0) is 54.8 Å². The highest BCUT2D eigenvalue weighted by molar-refractivity contribution is 7.07. The van der Waals surface area contributed by atoms with E-state index < -0.39 is 0 Å². The van der Waals surface area contributed by atoms with Crippen LogP contribution in [0.3, 0.4) is 0 Å². The third-order valence-corrected chi connectivity index (χ3v) is 4.35. The second kappa shape index (κ2) is 6.86. The van der Waals surface area contributed by atoms with E-state index in [2.05, 4.69) is 40.6 Å². The topological polar surface area (TPSA) is 36.4 Å². The Balaban J connectivity index is 2.16. The molecule has 3 nitrogen and oxygen atoms in total. The molecule has 0 aliphatic rings. The van der Waals surface area contributed by atoms with Crippen LogP contribution < -0.4 is 0 Å². The maximum absolute atomic E-state index is 9.98. The van der Waals surface area contributed by atoms with Crippen LogP contribution in [0.5, 0.6) is 5.75 Å². The lowest BCUT2D eigenvalue weighted by atomic mass is 10.1. The molecule has 2 aromatic rings. The van der Waals surface area contributed by atoms with Crippen LogP contribution in [0.15, 0.2) is 29.0 Å². The summed E-state index contributed by atoms with van der Waals surface area (Å²) in [4.78, 5) is 6.83. The van der Waals surface area contributed by atoms with Gasteiger partial charge in [0.2, 0.25) is 0 Å². The highest BCUT2D eigenvalue weighted by Gasteiger charge is 2.16. The van der Waals surface area contributed by atoms with E-state index in [-0.39, 0.29) is 5.75 Å². The average molecular weight is 290 g/mol. The second-order valence-electron chi connectivity index (χ2n) is 5.21. The molecule has 0 aromatic carbocycles. The van der Waals surface area contributed by atoms with E-state index >= 15 is 0 Å². The first kappa shape index (κ1) is 15.0. The van der Waals surface area contributed by atoms with Crippen molar-refractivity contribution in [3.63, 3.8) is 0 Å². The molecule has 0 radical (unpaired) electrons. The maximum Gasteiger partial charge on any atom is 0.138 e. The molecule has 0 fully saturated rings. The zero-order valence-corrected chi connectivity index (χ0v) is 13.2. The summed E-state index contributed by atoms with van der Waals surface area (Å²) in [6.07, 6.45) is 1.08. The molecule has 1 N–H and O–H groups in total. The molecule has 0 aliphatic carbocycles. The summed E-state index contributed by atoms with van der Waals surface area (Å²) < 4.78 is 0. The van der Waals surface area contributed by atoms with E-state index in [1.165, 1.54) is 5.56 Å². The summed E-state index contributed by atoms with van der Waals surface area (Å²) in [5, 5.41) is 14.3. The van der Waals surface area contributed by atoms with Crippen molar-refractivity contribution < 1.29 is 5.11 Å². The van der Waals surface area contributed by atoms with Gasteiger partial charge in [0.25, 0.3) is 0 Å². The fourth-order valence-corrected chi connectivity index (χ4v) is 2.81. The van der Waals surface area contributed by atoms with Gasteiger partial charge in [0, 0.05) is 24.8 Å². The molecular weight excluding hydrogens is 268 g/mol. The highest BCUT2D eigenvalue weighted by Crippen LogP contribution is 2.21. The van der Waals surface area contributed by atoms with Gasteiger partial charge in [0.05, 0.1) is 5.69 Å². The predicted octanol–water partition coefficient (Wildman–Crippen LogP) is 3.96. The molecule has 0 bridgehead atoms. The molecule has 1 atom stereocenters. The van der Waals surface area contributed by atoms with Crippen molar-refractivity contribution in [3.8, 4) is 5.75 Å². The zero-order chi connectivity index (χ0) is 14.5. The van der Waals surface area contributed by atoms with Gasteiger partial charge in [-0.2, -0.15) is 11.3 Å². The lowest BCUT2D eigenvalue weighted by Crippen LogP contribution is -2.31. The Morgan fingerprint density at radius 2 is 2.10 bits per heavy atom. The van der Waals surface area contributed by atoms with Gasteiger partial charge in [0.15, 0.2) is 0 Å². The van der Waals surface area contributed by atoms with Crippen LogP contribution in [0.1, 0.15) is 37.2 Å². The van der Waals surface area contributed by atoms with Crippen LogP contribution in [0, 0.1) is 6.92 Å². The van der Waals surface area contributed by atoms with Crippen LogP contribution in [-0.4, -0.2) is 21.0 Å². The summed E-state index contributed by atoms with van der Waals surface area (Å²) >= 11 is 1.72. The van der Waals surface area contributed by atoms with Gasteiger partial charge >= 0.3 is 0 Å².